The first-order chi connectivity index (χ1) is 11.9. The second-order valence-electron chi connectivity index (χ2n) is 6.66. The van der Waals surface area contributed by atoms with E-state index in [2.05, 4.69) is 22.9 Å². The summed E-state index contributed by atoms with van der Waals surface area (Å²) in [4.78, 5) is 14.8. The standard InChI is InChI=1S/C17H23BrN2O4S/c1-13-3-2-6-19(12-13)17(21)14-4-5-15(18)16(11-14)25(22,23)20-7-9-24-10-8-20/h4-5,11,13H,2-3,6-10,12H2,1H3/t13-/m1/s1. The van der Waals surface area contributed by atoms with Crippen LogP contribution in [0.1, 0.15) is 30.1 Å². The van der Waals surface area contributed by atoms with E-state index in [0.717, 1.165) is 25.9 Å². The molecule has 2 saturated heterocycles. The average molecular weight is 431 g/mol. The smallest absolute Gasteiger partial charge is 0.253 e. The van der Waals surface area contributed by atoms with Crippen LogP contribution in [0.3, 0.4) is 0 Å². The molecular formula is C17H23BrN2O4S. The van der Waals surface area contributed by atoms with E-state index in [4.69, 9.17) is 4.74 Å². The molecule has 0 spiro atoms. The van der Waals surface area contributed by atoms with Crippen LogP contribution in [0.25, 0.3) is 0 Å². The highest BCUT2D eigenvalue weighted by molar-refractivity contribution is 9.10. The Balaban J connectivity index is 1.88. The lowest BCUT2D eigenvalue weighted by Crippen LogP contribution is -2.41. The maximum Gasteiger partial charge on any atom is 0.253 e. The summed E-state index contributed by atoms with van der Waals surface area (Å²) in [5, 5.41) is 0. The Kier molecular flexibility index (Phi) is 5.82. The highest BCUT2D eigenvalue weighted by Crippen LogP contribution is 2.28. The Morgan fingerprint density at radius 3 is 2.64 bits per heavy atom. The third-order valence-electron chi connectivity index (χ3n) is 4.71. The Morgan fingerprint density at radius 1 is 1.24 bits per heavy atom. The zero-order chi connectivity index (χ0) is 18.0. The SMILES string of the molecule is C[C@@H]1CCCN(C(=O)c2ccc(Br)c(S(=O)(=O)N3CCOCC3)c2)C1. The highest BCUT2D eigenvalue weighted by atomic mass is 79.9. The molecule has 1 atom stereocenters. The van der Waals surface area contributed by atoms with Crippen LogP contribution < -0.4 is 0 Å². The van der Waals surface area contributed by atoms with Crippen LogP contribution >= 0.6 is 15.9 Å². The van der Waals surface area contributed by atoms with Gasteiger partial charge in [-0.05, 0) is 52.9 Å². The number of hydrogen-bond donors (Lipinski definition) is 0. The third kappa shape index (κ3) is 4.07. The van der Waals surface area contributed by atoms with Crippen molar-refractivity contribution in [2.45, 2.75) is 24.7 Å². The molecule has 25 heavy (non-hydrogen) atoms. The van der Waals surface area contributed by atoms with Gasteiger partial charge in [-0.1, -0.05) is 6.92 Å². The van der Waals surface area contributed by atoms with E-state index in [1.54, 1.807) is 12.1 Å². The second-order valence-corrected chi connectivity index (χ2v) is 9.42. The third-order valence-corrected chi connectivity index (χ3v) is 7.60. The van der Waals surface area contributed by atoms with E-state index in [9.17, 15) is 13.2 Å². The molecule has 138 valence electrons. The van der Waals surface area contributed by atoms with Crippen molar-refractivity contribution in [3.8, 4) is 0 Å². The van der Waals surface area contributed by atoms with Gasteiger partial charge in [-0.15, -0.1) is 0 Å². The molecule has 1 amide bonds. The maximum absolute atomic E-state index is 12.9. The van der Waals surface area contributed by atoms with Gasteiger partial charge in [-0.3, -0.25) is 4.79 Å². The number of morpholine rings is 1. The fraction of sp³-hybridized carbons (Fsp3) is 0.588. The van der Waals surface area contributed by atoms with Crippen LogP contribution in [-0.2, 0) is 14.8 Å². The lowest BCUT2D eigenvalue weighted by molar-refractivity contribution is 0.0682. The van der Waals surface area contributed by atoms with Crippen LogP contribution in [0, 0.1) is 5.92 Å². The van der Waals surface area contributed by atoms with Crippen molar-refractivity contribution in [1.82, 2.24) is 9.21 Å². The van der Waals surface area contributed by atoms with Crippen molar-refractivity contribution in [2.75, 3.05) is 39.4 Å². The van der Waals surface area contributed by atoms with Crippen LogP contribution in [0.4, 0.5) is 0 Å². The van der Waals surface area contributed by atoms with Crippen molar-refractivity contribution in [3.05, 3.63) is 28.2 Å². The maximum atomic E-state index is 12.9. The van der Waals surface area contributed by atoms with Gasteiger partial charge in [-0.25, -0.2) is 8.42 Å². The number of hydrogen-bond acceptors (Lipinski definition) is 4. The number of carbonyl (C=O) groups excluding carboxylic acids is 1. The van der Waals surface area contributed by atoms with E-state index in [0.29, 0.717) is 42.3 Å². The summed E-state index contributed by atoms with van der Waals surface area (Å²) in [6, 6.07) is 4.83. The number of benzene rings is 1. The Labute approximate surface area is 157 Å². The molecule has 3 rings (SSSR count). The molecule has 0 saturated carbocycles. The Bertz CT molecular complexity index is 747. The Hall–Kier alpha value is -0.960. The summed E-state index contributed by atoms with van der Waals surface area (Å²) in [6.07, 6.45) is 2.11. The van der Waals surface area contributed by atoms with Gasteiger partial charge in [-0.2, -0.15) is 4.31 Å². The monoisotopic (exact) mass is 430 g/mol. The topological polar surface area (TPSA) is 66.9 Å². The second kappa shape index (κ2) is 7.73. The summed E-state index contributed by atoms with van der Waals surface area (Å²) in [6.45, 7) is 5.02. The number of amides is 1. The number of piperidine rings is 1. The van der Waals surface area contributed by atoms with Crippen LogP contribution in [-0.4, -0.2) is 62.9 Å². The molecule has 1 aromatic carbocycles. The molecule has 6 nitrogen and oxygen atoms in total. The number of rotatable bonds is 3. The van der Waals surface area contributed by atoms with Gasteiger partial charge in [0.25, 0.3) is 5.91 Å². The molecule has 0 N–H and O–H groups in total. The molecule has 2 aliphatic heterocycles. The molecule has 1 aromatic rings. The minimum Gasteiger partial charge on any atom is -0.379 e. The van der Waals surface area contributed by atoms with Crippen molar-refractivity contribution in [3.63, 3.8) is 0 Å². The highest BCUT2D eigenvalue weighted by Gasteiger charge is 2.30. The fourth-order valence-electron chi connectivity index (χ4n) is 3.32. The van der Waals surface area contributed by atoms with Crippen LogP contribution in [0.15, 0.2) is 27.6 Å². The Morgan fingerprint density at radius 2 is 1.96 bits per heavy atom. The van der Waals surface area contributed by atoms with Gasteiger partial charge < -0.3 is 9.64 Å². The lowest BCUT2D eigenvalue weighted by Gasteiger charge is -2.31. The van der Waals surface area contributed by atoms with Gasteiger partial charge in [0.05, 0.1) is 18.1 Å². The van der Waals surface area contributed by atoms with Gasteiger partial charge >= 0.3 is 0 Å². The lowest BCUT2D eigenvalue weighted by atomic mass is 9.99. The predicted octanol–water partition coefficient (Wildman–Crippen LogP) is 2.34. The van der Waals surface area contributed by atoms with E-state index >= 15 is 0 Å². The normalized spacial score (nSPS) is 22.8. The van der Waals surface area contributed by atoms with Crippen molar-refractivity contribution >= 4 is 31.9 Å². The number of nitrogens with zero attached hydrogens (tertiary/aromatic N) is 2. The van der Waals surface area contributed by atoms with Gasteiger partial charge in [0, 0.05) is 36.2 Å². The fourth-order valence-corrected chi connectivity index (χ4v) is 5.68. The molecule has 2 fully saturated rings. The van der Waals surface area contributed by atoms with Gasteiger partial charge in [0.1, 0.15) is 0 Å². The van der Waals surface area contributed by atoms with Crippen molar-refractivity contribution in [1.29, 1.82) is 0 Å². The molecule has 8 heteroatoms. The molecule has 0 unspecified atom stereocenters. The van der Waals surface area contributed by atoms with E-state index in [1.165, 1.54) is 10.4 Å². The quantitative estimate of drug-likeness (QED) is 0.737. The minimum atomic E-state index is -3.65. The first-order valence-electron chi connectivity index (χ1n) is 8.56. The van der Waals surface area contributed by atoms with Crippen molar-refractivity contribution < 1.29 is 17.9 Å². The molecular weight excluding hydrogens is 408 g/mol. The number of likely N-dealkylation sites (tertiary alicyclic amines) is 1. The average Bonchev–Trinajstić information content (AvgIpc) is 2.62. The van der Waals surface area contributed by atoms with E-state index in [1.807, 2.05) is 4.90 Å². The number of sulfonamides is 1. The van der Waals surface area contributed by atoms with E-state index < -0.39 is 10.0 Å². The summed E-state index contributed by atoms with van der Waals surface area (Å²) >= 11 is 3.33. The zero-order valence-electron chi connectivity index (χ0n) is 14.3. The zero-order valence-corrected chi connectivity index (χ0v) is 16.7. The molecule has 2 heterocycles. The van der Waals surface area contributed by atoms with E-state index in [-0.39, 0.29) is 10.8 Å². The number of halogens is 1. The summed E-state index contributed by atoms with van der Waals surface area (Å²) < 4.78 is 33.0. The summed E-state index contributed by atoms with van der Waals surface area (Å²) in [5.41, 5.74) is 0.420. The molecule has 0 aliphatic carbocycles. The first kappa shape index (κ1) is 18.8. The van der Waals surface area contributed by atoms with Crippen molar-refractivity contribution in [2.24, 2.45) is 5.92 Å². The number of carbonyl (C=O) groups is 1. The minimum absolute atomic E-state index is 0.0996. The summed E-state index contributed by atoms with van der Waals surface area (Å²) in [7, 11) is -3.65. The van der Waals surface area contributed by atoms with Gasteiger partial charge in [0.2, 0.25) is 10.0 Å². The number of ether oxygens (including phenoxy) is 1. The molecule has 0 radical (unpaired) electrons. The molecule has 0 aromatic heterocycles. The first-order valence-corrected chi connectivity index (χ1v) is 10.8. The van der Waals surface area contributed by atoms with Gasteiger partial charge in [0.15, 0.2) is 0 Å². The molecule has 2 aliphatic rings. The summed E-state index contributed by atoms with van der Waals surface area (Å²) in [5.74, 6) is 0.377. The largest absolute Gasteiger partial charge is 0.379 e. The predicted molar refractivity (Wildman–Crippen MR) is 98.0 cm³/mol. The molecule has 0 bridgehead atoms. The van der Waals surface area contributed by atoms with Crippen LogP contribution in [0.5, 0.6) is 0 Å². The van der Waals surface area contributed by atoms with Crippen LogP contribution in [0.2, 0.25) is 0 Å².